The first-order valence-corrected chi connectivity index (χ1v) is 6.91. The third-order valence-corrected chi connectivity index (χ3v) is 4.34. The summed E-state index contributed by atoms with van der Waals surface area (Å²) in [4.78, 5) is 12.3. The van der Waals surface area contributed by atoms with E-state index < -0.39 is 5.60 Å². The van der Waals surface area contributed by atoms with E-state index in [1.807, 2.05) is 20.8 Å². The van der Waals surface area contributed by atoms with Crippen molar-refractivity contribution in [3.63, 3.8) is 0 Å². The maximum atomic E-state index is 12.3. The van der Waals surface area contributed by atoms with Gasteiger partial charge in [-0.3, -0.25) is 4.79 Å². The predicted octanol–water partition coefficient (Wildman–Crippen LogP) is 2.63. The molecule has 110 valence electrons. The van der Waals surface area contributed by atoms with E-state index in [1.54, 1.807) is 13.0 Å². The highest BCUT2D eigenvalue weighted by Gasteiger charge is 2.48. The second-order valence-electron chi connectivity index (χ2n) is 5.99. The van der Waals surface area contributed by atoms with Crippen molar-refractivity contribution < 1.29 is 19.7 Å². The number of ether oxygens (including phenoxy) is 1. The summed E-state index contributed by atoms with van der Waals surface area (Å²) in [6.45, 7) is 7.30. The first-order chi connectivity index (χ1) is 9.25. The van der Waals surface area contributed by atoms with Crippen molar-refractivity contribution in [3.05, 3.63) is 22.8 Å². The van der Waals surface area contributed by atoms with Gasteiger partial charge in [0.05, 0.1) is 7.11 Å². The van der Waals surface area contributed by atoms with Gasteiger partial charge in [-0.25, -0.2) is 0 Å². The van der Waals surface area contributed by atoms with E-state index in [1.165, 1.54) is 7.11 Å². The molecule has 1 aliphatic rings. The molecule has 0 saturated carbocycles. The summed E-state index contributed by atoms with van der Waals surface area (Å²) in [5.74, 6) is -0.117. The van der Waals surface area contributed by atoms with Crippen LogP contribution in [0.3, 0.4) is 0 Å². The van der Waals surface area contributed by atoms with Gasteiger partial charge >= 0.3 is 0 Å². The Morgan fingerprint density at radius 3 is 2.55 bits per heavy atom. The highest BCUT2D eigenvalue weighted by molar-refractivity contribution is 5.92. The van der Waals surface area contributed by atoms with E-state index in [-0.39, 0.29) is 29.8 Å². The smallest absolute Gasteiger partial charge is 0.169 e. The van der Waals surface area contributed by atoms with Crippen LogP contribution in [0.4, 0.5) is 0 Å². The quantitative estimate of drug-likeness (QED) is 0.872. The summed E-state index contributed by atoms with van der Waals surface area (Å²) in [6.07, 6.45) is 0.224. The van der Waals surface area contributed by atoms with Crippen LogP contribution in [0.15, 0.2) is 6.07 Å². The van der Waals surface area contributed by atoms with Crippen molar-refractivity contribution in [3.8, 4) is 11.5 Å². The maximum Gasteiger partial charge on any atom is 0.169 e. The number of hydrogen-bond donors (Lipinski definition) is 2. The second-order valence-corrected chi connectivity index (χ2v) is 5.99. The number of phenols is 1. The lowest BCUT2D eigenvalue weighted by atomic mass is 9.68. The number of carbonyl (C=O) groups is 1. The molecule has 0 radical (unpaired) electrons. The van der Waals surface area contributed by atoms with Crippen LogP contribution in [-0.4, -0.2) is 23.1 Å². The number of benzene rings is 1. The van der Waals surface area contributed by atoms with E-state index in [0.717, 1.165) is 0 Å². The molecular weight excluding hydrogens is 256 g/mol. The third-order valence-electron chi connectivity index (χ3n) is 4.34. The van der Waals surface area contributed by atoms with Crippen molar-refractivity contribution >= 4 is 5.78 Å². The molecule has 2 unspecified atom stereocenters. The minimum atomic E-state index is -1.53. The van der Waals surface area contributed by atoms with Gasteiger partial charge in [-0.15, -0.1) is 0 Å². The lowest BCUT2D eigenvalue weighted by molar-refractivity contribution is -0.145. The standard InChI is InChI=1S/C16H22O4/c1-8(2)16(19)11-6-10(4)15(20-5)14(18)13(11)9(3)7-12(16)17/h6,8-9,18-19H,7H2,1-5H3. The normalized spacial score (nSPS) is 25.8. The van der Waals surface area contributed by atoms with Crippen LogP contribution in [0, 0.1) is 12.8 Å². The number of carbonyl (C=O) groups excluding carboxylic acids is 1. The zero-order valence-electron chi connectivity index (χ0n) is 12.7. The number of ketones is 1. The summed E-state index contributed by atoms with van der Waals surface area (Å²) in [7, 11) is 1.50. The first-order valence-electron chi connectivity index (χ1n) is 6.91. The average Bonchev–Trinajstić information content (AvgIpc) is 2.35. The number of rotatable bonds is 2. The van der Waals surface area contributed by atoms with E-state index in [4.69, 9.17) is 4.74 Å². The van der Waals surface area contributed by atoms with E-state index >= 15 is 0 Å². The molecule has 0 aromatic heterocycles. The number of aryl methyl sites for hydroxylation is 1. The zero-order valence-corrected chi connectivity index (χ0v) is 12.7. The Kier molecular flexibility index (Phi) is 3.54. The van der Waals surface area contributed by atoms with Crippen LogP contribution in [0.25, 0.3) is 0 Å². The van der Waals surface area contributed by atoms with E-state index in [2.05, 4.69) is 0 Å². The number of phenolic OH excluding ortho intramolecular Hbond substituents is 1. The van der Waals surface area contributed by atoms with Gasteiger partial charge in [-0.1, -0.05) is 20.8 Å². The predicted molar refractivity (Wildman–Crippen MR) is 76.2 cm³/mol. The molecule has 0 spiro atoms. The molecule has 4 heteroatoms. The summed E-state index contributed by atoms with van der Waals surface area (Å²) in [6, 6.07) is 1.77. The molecule has 0 aliphatic heterocycles. The van der Waals surface area contributed by atoms with Crippen molar-refractivity contribution in [2.75, 3.05) is 7.11 Å². The maximum absolute atomic E-state index is 12.3. The molecule has 1 aromatic rings. The van der Waals surface area contributed by atoms with Gasteiger partial charge in [-0.2, -0.15) is 0 Å². The Hall–Kier alpha value is -1.55. The van der Waals surface area contributed by atoms with Crippen molar-refractivity contribution in [1.29, 1.82) is 0 Å². The number of fused-ring (bicyclic) bond motifs is 1. The van der Waals surface area contributed by atoms with Gasteiger partial charge in [-0.05, 0) is 36.0 Å². The van der Waals surface area contributed by atoms with Gasteiger partial charge in [0.25, 0.3) is 0 Å². The summed E-state index contributed by atoms with van der Waals surface area (Å²) in [5, 5.41) is 21.3. The van der Waals surface area contributed by atoms with E-state index in [0.29, 0.717) is 22.4 Å². The van der Waals surface area contributed by atoms with Gasteiger partial charge in [0.1, 0.15) is 0 Å². The Balaban J connectivity index is 2.81. The van der Waals surface area contributed by atoms with Crippen LogP contribution in [0.5, 0.6) is 11.5 Å². The summed E-state index contributed by atoms with van der Waals surface area (Å²) < 4.78 is 5.23. The van der Waals surface area contributed by atoms with Gasteiger partial charge in [0.15, 0.2) is 22.9 Å². The van der Waals surface area contributed by atoms with Crippen molar-refractivity contribution in [2.24, 2.45) is 5.92 Å². The van der Waals surface area contributed by atoms with Gasteiger partial charge in [0, 0.05) is 12.0 Å². The number of aliphatic hydroxyl groups is 1. The summed E-state index contributed by atoms with van der Waals surface area (Å²) in [5.41, 5.74) is 0.330. The minimum absolute atomic E-state index is 0.0431. The molecule has 0 fully saturated rings. The van der Waals surface area contributed by atoms with Gasteiger partial charge in [0.2, 0.25) is 0 Å². The number of Topliss-reactive ketones (excluding diaryl/α,β-unsaturated/α-hetero) is 1. The molecule has 2 N–H and O–H groups in total. The topological polar surface area (TPSA) is 66.8 Å². The third kappa shape index (κ3) is 1.82. The monoisotopic (exact) mass is 278 g/mol. The largest absolute Gasteiger partial charge is 0.504 e. The van der Waals surface area contributed by atoms with Gasteiger partial charge < -0.3 is 14.9 Å². The SMILES string of the molecule is COc1c(C)cc2c(c1O)C(C)CC(=O)C2(O)C(C)C. The average molecular weight is 278 g/mol. The van der Waals surface area contributed by atoms with Crippen LogP contribution < -0.4 is 4.74 Å². The molecule has 0 saturated heterocycles. The van der Waals surface area contributed by atoms with E-state index in [9.17, 15) is 15.0 Å². The highest BCUT2D eigenvalue weighted by atomic mass is 16.5. The Bertz CT molecular complexity index is 562. The van der Waals surface area contributed by atoms with Crippen molar-refractivity contribution in [2.45, 2.75) is 45.6 Å². The number of aromatic hydroxyl groups is 1. The molecular formula is C16H22O4. The Morgan fingerprint density at radius 2 is 2.05 bits per heavy atom. The molecule has 2 rings (SSSR count). The molecule has 1 aromatic carbocycles. The van der Waals surface area contributed by atoms with Crippen LogP contribution >= 0.6 is 0 Å². The second kappa shape index (κ2) is 4.77. The zero-order chi connectivity index (χ0) is 15.2. The lowest BCUT2D eigenvalue weighted by Gasteiger charge is -2.39. The fraction of sp³-hybridized carbons (Fsp3) is 0.562. The fourth-order valence-corrected chi connectivity index (χ4v) is 3.19. The highest BCUT2D eigenvalue weighted by Crippen LogP contribution is 2.50. The molecule has 2 atom stereocenters. The van der Waals surface area contributed by atoms with Crippen LogP contribution in [0.2, 0.25) is 0 Å². The van der Waals surface area contributed by atoms with Crippen molar-refractivity contribution in [1.82, 2.24) is 0 Å². The van der Waals surface area contributed by atoms with Crippen LogP contribution in [-0.2, 0) is 10.4 Å². The lowest BCUT2D eigenvalue weighted by Crippen LogP contribution is -2.45. The van der Waals surface area contributed by atoms with Crippen LogP contribution in [0.1, 0.15) is 49.8 Å². The molecule has 20 heavy (non-hydrogen) atoms. The number of methoxy groups -OCH3 is 1. The Morgan fingerprint density at radius 1 is 1.45 bits per heavy atom. The molecule has 0 bridgehead atoms. The molecule has 1 aliphatic carbocycles. The Labute approximate surface area is 119 Å². The number of hydrogen-bond acceptors (Lipinski definition) is 4. The fourth-order valence-electron chi connectivity index (χ4n) is 3.19. The summed E-state index contributed by atoms with van der Waals surface area (Å²) >= 11 is 0. The first kappa shape index (κ1) is 14.9. The minimum Gasteiger partial charge on any atom is -0.504 e. The molecule has 4 nitrogen and oxygen atoms in total. The molecule has 0 amide bonds. The molecule has 0 heterocycles.